The monoisotopic (exact) mass is 1560 g/mol. The maximum absolute atomic E-state index is 4.83. The molecule has 0 atom stereocenters. The van der Waals surface area contributed by atoms with Crippen molar-refractivity contribution in [2.24, 2.45) is 0 Å². The number of rotatable bonds is 22. The summed E-state index contributed by atoms with van der Waals surface area (Å²) in [5, 5.41) is 0. The number of pyridine rings is 2. The molecule has 12 aromatic rings. The first kappa shape index (κ1) is 84.4. The Morgan fingerprint density at radius 2 is 0.462 bits per heavy atom. The summed E-state index contributed by atoms with van der Waals surface area (Å²) in [4.78, 5) is 11.9. The molecule has 2 heterocycles. The number of aromatic nitrogens is 2. The van der Waals surface area contributed by atoms with E-state index < -0.39 is 16.5 Å². The summed E-state index contributed by atoms with van der Waals surface area (Å²) >= 11 is 4.65. The molecule has 0 bridgehead atoms. The second-order valence-electron chi connectivity index (χ2n) is 28.4. The molecule has 10 aromatic carbocycles. The second-order valence-corrected chi connectivity index (χ2v) is 41.7. The van der Waals surface area contributed by atoms with Crippen LogP contribution >= 0.6 is 0 Å². The fraction of sp³-hybridized carbons (Fsp3) is 0.255. The van der Waals surface area contributed by atoms with Crippen molar-refractivity contribution in [1.29, 1.82) is 0 Å². The molecular formula is C94H112Ge2N6O2Si2. The quantitative estimate of drug-likeness (QED) is 0.0491. The van der Waals surface area contributed by atoms with Gasteiger partial charge in [0, 0.05) is 90.8 Å². The van der Waals surface area contributed by atoms with Crippen LogP contribution in [0.2, 0.25) is 39.3 Å². The molecule has 106 heavy (non-hydrogen) atoms. The van der Waals surface area contributed by atoms with Gasteiger partial charge in [-0.3, -0.25) is 9.97 Å². The SMILES string of the molecule is CCOCC.CCOCC.CN(C)c1ccncc1.CN(C)c1ccncc1.Cc1cc(C(c2ccccc2)c2ccccc2)c([N]([Ge])[Si](C)(C)C)c(C(c2ccccc2)c2ccccc2)c1.Cc1cc(C(c2ccccc2)c2ccccc2)c([N]([Ge])[Si](C)(C)C)c(C(c2ccccc2)c2ccccc2)c1. The molecule has 0 unspecified atom stereocenters. The Labute approximate surface area is 657 Å². The van der Waals surface area contributed by atoms with Gasteiger partial charge < -0.3 is 19.3 Å². The predicted molar refractivity (Wildman–Crippen MR) is 462 cm³/mol. The van der Waals surface area contributed by atoms with Crippen LogP contribution in [0.1, 0.15) is 129 Å². The normalized spacial score (nSPS) is 10.9. The van der Waals surface area contributed by atoms with E-state index >= 15 is 0 Å². The molecule has 2 aromatic heterocycles. The minimum absolute atomic E-state index is 0.132. The van der Waals surface area contributed by atoms with Crippen molar-refractivity contribution in [3.8, 4) is 0 Å². The van der Waals surface area contributed by atoms with Crippen LogP contribution in [0.15, 0.2) is 316 Å². The van der Waals surface area contributed by atoms with E-state index in [1.165, 1.54) is 101 Å². The molecule has 6 radical (unpaired) electrons. The van der Waals surface area contributed by atoms with Gasteiger partial charge in [-0.1, -0.05) is 0 Å². The van der Waals surface area contributed by atoms with Crippen molar-refractivity contribution in [3.63, 3.8) is 0 Å². The van der Waals surface area contributed by atoms with Gasteiger partial charge in [-0.25, -0.2) is 0 Å². The number of nitrogens with zero attached hydrogens (tertiary/aromatic N) is 6. The van der Waals surface area contributed by atoms with E-state index in [1.54, 1.807) is 24.8 Å². The topological polar surface area (TPSA) is 57.2 Å². The summed E-state index contributed by atoms with van der Waals surface area (Å²) < 4.78 is 14.9. The number of benzene rings is 10. The van der Waals surface area contributed by atoms with Gasteiger partial charge in [-0.05, 0) is 52.0 Å². The fourth-order valence-corrected chi connectivity index (χ4v) is 15.7. The Morgan fingerprint density at radius 1 is 0.292 bits per heavy atom. The van der Waals surface area contributed by atoms with E-state index in [-0.39, 0.29) is 23.7 Å². The van der Waals surface area contributed by atoms with Crippen LogP contribution < -0.4 is 16.8 Å². The van der Waals surface area contributed by atoms with Gasteiger partial charge in [-0.2, -0.15) is 0 Å². The molecule has 0 saturated carbocycles. The zero-order valence-corrected chi connectivity index (χ0v) is 71.9. The number of aryl methyl sites for hydroxylation is 2. The van der Waals surface area contributed by atoms with E-state index in [2.05, 4.69) is 371 Å². The number of anilines is 4. The van der Waals surface area contributed by atoms with Crippen LogP contribution in [0.25, 0.3) is 0 Å². The summed E-state index contributed by atoms with van der Waals surface area (Å²) in [7, 11) is 4.55. The van der Waals surface area contributed by atoms with Gasteiger partial charge in [0.15, 0.2) is 0 Å². The average Bonchev–Trinajstić information content (AvgIpc) is 0.755. The first-order valence-electron chi connectivity index (χ1n) is 37.1. The number of hydrogen-bond donors (Lipinski definition) is 0. The zero-order chi connectivity index (χ0) is 76.4. The molecule has 8 nitrogen and oxygen atoms in total. The summed E-state index contributed by atoms with van der Waals surface area (Å²) in [5.41, 5.74) is 23.8. The van der Waals surface area contributed by atoms with Crippen molar-refractivity contribution in [1.82, 2.24) is 9.97 Å². The molecule has 0 N–H and O–H groups in total. The minimum atomic E-state index is -1.74. The molecule has 0 aliphatic carbocycles. The molecule has 0 saturated heterocycles. The van der Waals surface area contributed by atoms with Crippen molar-refractivity contribution >= 4 is 72.7 Å². The van der Waals surface area contributed by atoms with Crippen molar-refractivity contribution < 1.29 is 9.47 Å². The third kappa shape index (κ3) is 25.1. The van der Waals surface area contributed by atoms with E-state index in [0.717, 1.165) is 26.4 Å². The molecule has 0 spiro atoms. The van der Waals surface area contributed by atoms with Crippen LogP contribution in [-0.4, -0.2) is 115 Å². The summed E-state index contributed by atoms with van der Waals surface area (Å²) in [6.45, 7) is 30.5. The van der Waals surface area contributed by atoms with Crippen LogP contribution in [0, 0.1) is 13.8 Å². The van der Waals surface area contributed by atoms with E-state index in [4.69, 9.17) is 9.47 Å². The van der Waals surface area contributed by atoms with Crippen LogP contribution in [0.3, 0.4) is 0 Å². The van der Waals surface area contributed by atoms with Crippen molar-refractivity contribution in [2.75, 3.05) is 71.5 Å². The zero-order valence-electron chi connectivity index (χ0n) is 65.7. The number of ether oxygens (including phenoxy) is 2. The Balaban J connectivity index is 0.000000217. The molecule has 0 aliphatic rings. The van der Waals surface area contributed by atoms with Crippen LogP contribution in [0.4, 0.5) is 22.7 Å². The first-order chi connectivity index (χ1) is 51.1. The second kappa shape index (κ2) is 43.7. The van der Waals surface area contributed by atoms with Gasteiger partial charge >= 0.3 is 490 Å². The molecule has 0 amide bonds. The Kier molecular flexibility index (Phi) is 34.8. The van der Waals surface area contributed by atoms with Gasteiger partial charge in [-0.15, -0.1) is 0 Å². The maximum atomic E-state index is 4.83. The van der Waals surface area contributed by atoms with Crippen molar-refractivity contribution in [2.45, 2.75) is 104 Å². The van der Waals surface area contributed by atoms with E-state index in [1.807, 2.05) is 90.0 Å². The van der Waals surface area contributed by atoms with E-state index in [0.29, 0.717) is 0 Å². The third-order valence-electron chi connectivity index (χ3n) is 17.9. The van der Waals surface area contributed by atoms with Gasteiger partial charge in [0.25, 0.3) is 0 Å². The van der Waals surface area contributed by atoms with Gasteiger partial charge in [0.05, 0.1) is 0 Å². The third-order valence-corrected chi connectivity index (χ3v) is 30.4. The summed E-state index contributed by atoms with van der Waals surface area (Å²) in [6, 6.07) is 106. The Morgan fingerprint density at radius 3 is 0.585 bits per heavy atom. The van der Waals surface area contributed by atoms with E-state index in [9.17, 15) is 0 Å². The van der Waals surface area contributed by atoms with Crippen LogP contribution in [-0.2, 0) is 9.47 Å². The molecule has 0 aliphatic heterocycles. The molecule has 546 valence electrons. The summed E-state index contributed by atoms with van der Waals surface area (Å²) in [5.74, 6) is 0.526. The fourth-order valence-electron chi connectivity index (χ4n) is 12.8. The van der Waals surface area contributed by atoms with Crippen molar-refractivity contribution in [3.05, 3.63) is 394 Å². The standard InChI is InChI=1S/2C36H36GeNSi.2C7H10N2.2C4H10O/c2*1-27-25-32(34(28-17-9-5-10-18-28)29-19-11-6-12-20-29)36(38(37)39(2,3)4)33(26-27)35(30-21-13-7-14-22-30)31-23-15-8-16-24-31;2*1-9(2)7-3-5-8-6-4-7;2*1-3-5-4-2/h2*5-26,34-35H,1-4H3;2*3-6H,1-2H3;2*3-4H2,1-2H3. The first-order valence-corrected chi connectivity index (χ1v) is 45.9. The number of hydrogen-bond acceptors (Lipinski definition) is 8. The Bertz CT molecular complexity index is 3720. The molecule has 12 heteroatoms. The average molecular weight is 1560 g/mol. The summed E-state index contributed by atoms with van der Waals surface area (Å²) in [6.07, 6.45) is 7.15. The van der Waals surface area contributed by atoms with Crippen LogP contribution in [0.5, 0.6) is 0 Å². The molecular weight excluding hydrogens is 1450 g/mol. The van der Waals surface area contributed by atoms with Gasteiger partial charge in [0.1, 0.15) is 0 Å². The Hall–Kier alpha value is -8.86. The van der Waals surface area contributed by atoms with Gasteiger partial charge in [0.2, 0.25) is 0 Å². The predicted octanol–water partition coefficient (Wildman–Crippen LogP) is 22.5. The molecule has 12 rings (SSSR count). The molecule has 0 fully saturated rings.